The molecule has 2 aromatic carbocycles. The maximum atomic E-state index is 12.1. The minimum absolute atomic E-state index is 0.249. The van der Waals surface area contributed by atoms with Gasteiger partial charge in [0.15, 0.2) is 0 Å². The summed E-state index contributed by atoms with van der Waals surface area (Å²) < 4.78 is 17.3. The number of carbonyl (C=O) groups excluding carboxylic acids is 1. The first-order chi connectivity index (χ1) is 12.2. The van der Waals surface area contributed by atoms with Crippen molar-refractivity contribution in [3.8, 4) is 5.75 Å². The standard InChI is InChI=1S/C19H20BrNO4/c20-16-6-8-17(9-7-16)24-11-10-19(13-23-14-19)21-18(22)25-12-15-4-2-1-3-5-15/h1-9H,10-14H2,(H,21,22). The predicted octanol–water partition coefficient (Wildman–Crippen LogP) is 3.91. The largest absolute Gasteiger partial charge is 0.494 e. The van der Waals surface area contributed by atoms with E-state index in [2.05, 4.69) is 21.2 Å². The lowest BCUT2D eigenvalue weighted by Crippen LogP contribution is -2.62. The zero-order valence-corrected chi connectivity index (χ0v) is 15.3. The molecule has 0 spiro atoms. The lowest BCUT2D eigenvalue weighted by Gasteiger charge is -2.41. The summed E-state index contributed by atoms with van der Waals surface area (Å²) in [6.07, 6.45) is 0.222. The van der Waals surface area contributed by atoms with Crippen molar-refractivity contribution < 1.29 is 19.0 Å². The van der Waals surface area contributed by atoms with Crippen LogP contribution in [-0.2, 0) is 16.1 Å². The topological polar surface area (TPSA) is 56.8 Å². The molecular weight excluding hydrogens is 386 g/mol. The molecule has 5 nitrogen and oxygen atoms in total. The van der Waals surface area contributed by atoms with Crippen LogP contribution in [0.5, 0.6) is 5.75 Å². The second-order valence-corrected chi connectivity index (χ2v) is 6.93. The van der Waals surface area contributed by atoms with E-state index in [1.807, 2.05) is 54.6 Å². The second kappa shape index (κ2) is 8.36. The molecule has 1 fully saturated rings. The summed E-state index contributed by atoms with van der Waals surface area (Å²) in [7, 11) is 0. The number of hydrogen-bond acceptors (Lipinski definition) is 4. The highest BCUT2D eigenvalue weighted by Gasteiger charge is 2.40. The first-order valence-electron chi connectivity index (χ1n) is 8.10. The van der Waals surface area contributed by atoms with Gasteiger partial charge in [0.05, 0.1) is 25.4 Å². The Kier molecular flexibility index (Phi) is 5.94. The van der Waals surface area contributed by atoms with Crippen LogP contribution in [0, 0.1) is 0 Å². The number of halogens is 1. The molecule has 1 aliphatic heterocycles. The number of rotatable bonds is 7. The lowest BCUT2D eigenvalue weighted by molar-refractivity contribution is -0.0801. The molecule has 0 saturated carbocycles. The first-order valence-corrected chi connectivity index (χ1v) is 8.90. The van der Waals surface area contributed by atoms with E-state index in [4.69, 9.17) is 14.2 Å². The molecule has 1 N–H and O–H groups in total. The Bertz CT molecular complexity index is 686. The maximum absolute atomic E-state index is 12.1. The van der Waals surface area contributed by atoms with E-state index in [0.29, 0.717) is 26.2 Å². The van der Waals surface area contributed by atoms with Gasteiger partial charge in [0.25, 0.3) is 0 Å². The first kappa shape index (κ1) is 17.8. The van der Waals surface area contributed by atoms with Crippen LogP contribution < -0.4 is 10.1 Å². The van der Waals surface area contributed by atoms with Gasteiger partial charge in [0, 0.05) is 10.9 Å². The highest BCUT2D eigenvalue weighted by atomic mass is 79.9. The van der Waals surface area contributed by atoms with Crippen LogP contribution in [-0.4, -0.2) is 31.5 Å². The Morgan fingerprint density at radius 1 is 1.12 bits per heavy atom. The highest BCUT2D eigenvalue weighted by Crippen LogP contribution is 2.23. The molecule has 0 radical (unpaired) electrons. The van der Waals surface area contributed by atoms with Gasteiger partial charge in [-0.05, 0) is 29.8 Å². The van der Waals surface area contributed by atoms with Crippen LogP contribution in [0.2, 0.25) is 0 Å². The summed E-state index contributed by atoms with van der Waals surface area (Å²) in [6, 6.07) is 17.2. The molecule has 1 amide bonds. The van der Waals surface area contributed by atoms with Crippen LogP contribution in [0.4, 0.5) is 4.79 Å². The Balaban J connectivity index is 1.44. The van der Waals surface area contributed by atoms with E-state index in [-0.39, 0.29) is 6.61 Å². The van der Waals surface area contributed by atoms with Crippen molar-refractivity contribution in [3.05, 3.63) is 64.6 Å². The molecular formula is C19H20BrNO4. The van der Waals surface area contributed by atoms with E-state index in [9.17, 15) is 4.79 Å². The van der Waals surface area contributed by atoms with Crippen molar-refractivity contribution >= 4 is 22.0 Å². The van der Waals surface area contributed by atoms with Crippen molar-refractivity contribution in [2.24, 2.45) is 0 Å². The van der Waals surface area contributed by atoms with Crippen molar-refractivity contribution in [3.63, 3.8) is 0 Å². The molecule has 3 rings (SSSR count). The zero-order chi connectivity index (χ0) is 17.5. The fraction of sp³-hybridized carbons (Fsp3) is 0.316. The molecule has 0 unspecified atom stereocenters. The van der Waals surface area contributed by atoms with E-state index in [1.54, 1.807) is 0 Å². The van der Waals surface area contributed by atoms with Gasteiger partial charge in [-0.3, -0.25) is 0 Å². The van der Waals surface area contributed by atoms with Crippen molar-refractivity contribution in [2.75, 3.05) is 19.8 Å². The predicted molar refractivity (Wildman–Crippen MR) is 97.6 cm³/mol. The minimum Gasteiger partial charge on any atom is -0.494 e. The monoisotopic (exact) mass is 405 g/mol. The van der Waals surface area contributed by atoms with Crippen molar-refractivity contribution in [1.29, 1.82) is 0 Å². The Labute approximate surface area is 155 Å². The molecule has 6 heteroatoms. The Hall–Kier alpha value is -2.05. The number of carbonyl (C=O) groups is 1. The molecule has 132 valence electrons. The molecule has 1 saturated heterocycles. The minimum atomic E-state index is -0.434. The summed E-state index contributed by atoms with van der Waals surface area (Å²) in [4.78, 5) is 12.1. The summed E-state index contributed by atoms with van der Waals surface area (Å²) in [5.74, 6) is 0.797. The number of amides is 1. The van der Waals surface area contributed by atoms with Gasteiger partial charge >= 0.3 is 6.09 Å². The molecule has 1 aliphatic rings. The third-order valence-corrected chi connectivity index (χ3v) is 4.53. The van der Waals surface area contributed by atoms with E-state index < -0.39 is 11.6 Å². The molecule has 0 aliphatic carbocycles. The number of ether oxygens (including phenoxy) is 3. The van der Waals surface area contributed by atoms with Gasteiger partial charge < -0.3 is 19.5 Å². The van der Waals surface area contributed by atoms with Crippen LogP contribution in [0.1, 0.15) is 12.0 Å². The maximum Gasteiger partial charge on any atom is 0.408 e. The fourth-order valence-electron chi connectivity index (χ4n) is 2.50. The normalized spacial score (nSPS) is 15.1. The van der Waals surface area contributed by atoms with Crippen LogP contribution in [0.25, 0.3) is 0 Å². The van der Waals surface area contributed by atoms with Crippen LogP contribution in [0.15, 0.2) is 59.1 Å². The summed E-state index contributed by atoms with van der Waals surface area (Å²) in [5, 5.41) is 2.92. The Morgan fingerprint density at radius 3 is 2.48 bits per heavy atom. The van der Waals surface area contributed by atoms with Crippen LogP contribution in [0.3, 0.4) is 0 Å². The SMILES string of the molecule is O=C(NC1(CCOc2ccc(Br)cc2)COC1)OCc1ccccc1. The van der Waals surface area contributed by atoms with Crippen molar-refractivity contribution in [2.45, 2.75) is 18.6 Å². The van der Waals surface area contributed by atoms with Gasteiger partial charge in [-0.1, -0.05) is 46.3 Å². The number of alkyl carbamates (subject to hydrolysis) is 1. The highest BCUT2D eigenvalue weighted by molar-refractivity contribution is 9.10. The molecule has 0 atom stereocenters. The molecule has 0 bridgehead atoms. The van der Waals surface area contributed by atoms with E-state index in [1.165, 1.54) is 0 Å². The van der Waals surface area contributed by atoms with Gasteiger partial charge in [-0.2, -0.15) is 0 Å². The van der Waals surface area contributed by atoms with Gasteiger partial charge in [0.1, 0.15) is 12.4 Å². The molecule has 2 aromatic rings. The van der Waals surface area contributed by atoms with Crippen molar-refractivity contribution in [1.82, 2.24) is 5.32 Å². The number of benzene rings is 2. The Morgan fingerprint density at radius 2 is 1.84 bits per heavy atom. The average Bonchev–Trinajstić information content (AvgIpc) is 2.60. The smallest absolute Gasteiger partial charge is 0.408 e. The zero-order valence-electron chi connectivity index (χ0n) is 13.7. The number of nitrogens with one attached hydrogen (secondary N) is 1. The second-order valence-electron chi connectivity index (χ2n) is 6.01. The molecule has 25 heavy (non-hydrogen) atoms. The molecule has 1 heterocycles. The van der Waals surface area contributed by atoms with Gasteiger partial charge in [0.2, 0.25) is 0 Å². The lowest BCUT2D eigenvalue weighted by atomic mass is 9.94. The average molecular weight is 406 g/mol. The van der Waals surface area contributed by atoms with Crippen LogP contribution >= 0.6 is 15.9 Å². The summed E-state index contributed by atoms with van der Waals surface area (Å²) in [5.41, 5.74) is 0.540. The van der Waals surface area contributed by atoms with E-state index >= 15 is 0 Å². The third-order valence-electron chi connectivity index (χ3n) is 4.00. The number of hydrogen-bond donors (Lipinski definition) is 1. The van der Waals surface area contributed by atoms with Gasteiger partial charge in [-0.25, -0.2) is 4.79 Å². The quantitative estimate of drug-likeness (QED) is 0.758. The van der Waals surface area contributed by atoms with Gasteiger partial charge in [-0.15, -0.1) is 0 Å². The fourth-order valence-corrected chi connectivity index (χ4v) is 2.76. The summed E-state index contributed by atoms with van der Waals surface area (Å²) >= 11 is 3.39. The molecule has 0 aromatic heterocycles. The van der Waals surface area contributed by atoms with E-state index in [0.717, 1.165) is 15.8 Å². The third kappa shape index (κ3) is 5.21. The summed E-state index contributed by atoms with van der Waals surface area (Å²) in [6.45, 7) is 1.68.